The fraction of sp³-hybridized carbons (Fsp3) is 0.391. The third kappa shape index (κ3) is 4.66. The monoisotopic (exact) mass is 408 g/mol. The van der Waals surface area contributed by atoms with E-state index < -0.39 is 0 Å². The number of nitrogens with one attached hydrogen (secondary N) is 1. The molecule has 0 radical (unpaired) electrons. The fourth-order valence-electron chi connectivity index (χ4n) is 3.96. The molecule has 1 fully saturated rings. The van der Waals surface area contributed by atoms with E-state index in [1.54, 1.807) is 11.3 Å². The van der Waals surface area contributed by atoms with Gasteiger partial charge in [0.05, 0.1) is 11.9 Å². The molecule has 4 rings (SSSR count). The number of benzene rings is 1. The van der Waals surface area contributed by atoms with Gasteiger partial charge in [-0.25, -0.2) is 4.98 Å². The number of thiophene rings is 1. The quantitative estimate of drug-likeness (QED) is 0.676. The van der Waals surface area contributed by atoms with Crippen molar-refractivity contribution in [2.45, 2.75) is 26.8 Å². The average Bonchev–Trinajstić information content (AvgIpc) is 3.05. The minimum atomic E-state index is 0.0101. The van der Waals surface area contributed by atoms with E-state index in [1.165, 1.54) is 10.4 Å². The van der Waals surface area contributed by atoms with Crippen LogP contribution in [-0.2, 0) is 13.0 Å². The molecule has 1 aliphatic heterocycles. The zero-order valence-corrected chi connectivity index (χ0v) is 18.0. The van der Waals surface area contributed by atoms with Crippen LogP contribution in [0.15, 0.2) is 41.2 Å². The smallest absolute Gasteiger partial charge is 0.259 e. The lowest BCUT2D eigenvalue weighted by atomic mass is 10.1. The summed E-state index contributed by atoms with van der Waals surface area (Å²) < 4.78 is 0. The molecular weight excluding hydrogens is 380 g/mol. The summed E-state index contributed by atoms with van der Waals surface area (Å²) in [5.74, 6) is 0.781. The zero-order valence-electron chi connectivity index (χ0n) is 17.1. The number of H-pyrrole nitrogens is 1. The third-order valence-electron chi connectivity index (χ3n) is 5.58. The van der Waals surface area contributed by atoms with Crippen molar-refractivity contribution < 1.29 is 0 Å². The summed E-state index contributed by atoms with van der Waals surface area (Å²) in [5.41, 5.74) is 2.39. The molecular formula is C23H28N4OS. The molecule has 0 spiro atoms. The van der Waals surface area contributed by atoms with Gasteiger partial charge in [0, 0.05) is 37.6 Å². The van der Waals surface area contributed by atoms with Gasteiger partial charge >= 0.3 is 0 Å². The Morgan fingerprint density at radius 2 is 1.86 bits per heavy atom. The van der Waals surface area contributed by atoms with Crippen LogP contribution in [0.3, 0.4) is 0 Å². The molecule has 2 aromatic heterocycles. The molecule has 0 bridgehead atoms. The topological polar surface area (TPSA) is 52.2 Å². The molecule has 1 N–H and O–H groups in total. The van der Waals surface area contributed by atoms with E-state index in [0.717, 1.165) is 60.7 Å². The Morgan fingerprint density at radius 1 is 1.14 bits per heavy atom. The SMILES string of the molecule is CCc1c(C)sc2nc(CN3CCN(CC=Cc4ccccc4)CC3)[nH]c(=O)c12. The summed E-state index contributed by atoms with van der Waals surface area (Å²) in [6, 6.07) is 10.4. The largest absolute Gasteiger partial charge is 0.309 e. The van der Waals surface area contributed by atoms with Crippen LogP contribution >= 0.6 is 11.3 Å². The van der Waals surface area contributed by atoms with Crippen LogP contribution in [-0.4, -0.2) is 52.5 Å². The first-order valence-electron chi connectivity index (χ1n) is 10.3. The predicted molar refractivity (Wildman–Crippen MR) is 122 cm³/mol. The molecule has 1 aliphatic rings. The lowest BCUT2D eigenvalue weighted by molar-refractivity contribution is 0.134. The van der Waals surface area contributed by atoms with Crippen LogP contribution in [0.5, 0.6) is 0 Å². The molecule has 0 atom stereocenters. The number of piperazine rings is 1. The van der Waals surface area contributed by atoms with E-state index in [2.05, 4.69) is 65.0 Å². The third-order valence-corrected chi connectivity index (χ3v) is 6.62. The van der Waals surface area contributed by atoms with Gasteiger partial charge in [0.2, 0.25) is 0 Å². The number of nitrogens with zero attached hydrogens (tertiary/aromatic N) is 3. The number of aromatic amines is 1. The second kappa shape index (κ2) is 9.03. The second-order valence-corrected chi connectivity index (χ2v) is 8.78. The zero-order chi connectivity index (χ0) is 20.2. The van der Waals surface area contributed by atoms with E-state index in [0.29, 0.717) is 6.54 Å². The first-order chi connectivity index (χ1) is 14.1. The minimum Gasteiger partial charge on any atom is -0.309 e. The molecule has 0 unspecified atom stereocenters. The van der Waals surface area contributed by atoms with E-state index in [9.17, 15) is 4.79 Å². The van der Waals surface area contributed by atoms with E-state index in [4.69, 9.17) is 4.98 Å². The first kappa shape index (κ1) is 20.0. The summed E-state index contributed by atoms with van der Waals surface area (Å²) in [5, 5.41) is 0.786. The maximum Gasteiger partial charge on any atom is 0.259 e. The molecule has 6 heteroatoms. The maximum atomic E-state index is 12.6. The highest BCUT2D eigenvalue weighted by molar-refractivity contribution is 7.18. The number of aryl methyl sites for hydroxylation is 2. The van der Waals surface area contributed by atoms with Crippen LogP contribution in [0, 0.1) is 6.92 Å². The standard InChI is InChI=1S/C23H28N4OS/c1-3-19-17(2)29-23-21(19)22(28)24-20(25-23)16-27-14-12-26(13-15-27)11-7-10-18-8-5-4-6-9-18/h4-10H,3,11-16H2,1-2H3,(H,24,25,28). The van der Waals surface area contributed by atoms with Gasteiger partial charge in [0.15, 0.2) is 0 Å². The molecule has 0 amide bonds. The fourth-order valence-corrected chi connectivity index (χ4v) is 5.10. The summed E-state index contributed by atoms with van der Waals surface area (Å²) in [6.07, 6.45) is 5.29. The second-order valence-electron chi connectivity index (χ2n) is 7.57. The Hall–Kier alpha value is -2.28. The summed E-state index contributed by atoms with van der Waals surface area (Å²) >= 11 is 1.64. The van der Waals surface area contributed by atoms with Crippen molar-refractivity contribution in [3.63, 3.8) is 0 Å². The Morgan fingerprint density at radius 3 is 2.59 bits per heavy atom. The van der Waals surface area contributed by atoms with Crippen molar-refractivity contribution in [3.8, 4) is 0 Å². The van der Waals surface area contributed by atoms with Gasteiger partial charge in [-0.15, -0.1) is 11.3 Å². The molecule has 1 saturated heterocycles. The van der Waals surface area contributed by atoms with Crippen molar-refractivity contribution in [2.24, 2.45) is 0 Å². The Balaban J connectivity index is 1.34. The number of fused-ring (bicyclic) bond motifs is 1. The van der Waals surface area contributed by atoms with Crippen LogP contribution in [0.2, 0.25) is 0 Å². The van der Waals surface area contributed by atoms with Crippen molar-refractivity contribution in [3.05, 3.63) is 68.6 Å². The molecule has 152 valence electrons. The molecule has 1 aromatic carbocycles. The lowest BCUT2D eigenvalue weighted by Gasteiger charge is -2.33. The van der Waals surface area contributed by atoms with Crippen LogP contribution in [0.25, 0.3) is 16.3 Å². The lowest BCUT2D eigenvalue weighted by Crippen LogP contribution is -2.46. The molecule has 3 heterocycles. The van der Waals surface area contributed by atoms with Gasteiger partial charge in [0.25, 0.3) is 5.56 Å². The highest BCUT2D eigenvalue weighted by Crippen LogP contribution is 2.27. The van der Waals surface area contributed by atoms with Gasteiger partial charge < -0.3 is 4.98 Å². The van der Waals surface area contributed by atoms with Crippen molar-refractivity contribution >= 4 is 27.6 Å². The number of rotatable bonds is 6. The number of hydrogen-bond donors (Lipinski definition) is 1. The molecule has 0 aliphatic carbocycles. The summed E-state index contributed by atoms with van der Waals surface area (Å²) in [6.45, 7) is 9.89. The summed E-state index contributed by atoms with van der Waals surface area (Å²) in [4.78, 5) is 27.3. The van der Waals surface area contributed by atoms with Gasteiger partial charge in [-0.05, 0) is 24.5 Å². The normalized spacial score (nSPS) is 16.2. The van der Waals surface area contributed by atoms with E-state index in [-0.39, 0.29) is 5.56 Å². The van der Waals surface area contributed by atoms with Gasteiger partial charge in [-0.2, -0.15) is 0 Å². The highest BCUT2D eigenvalue weighted by atomic mass is 32.1. The number of aromatic nitrogens is 2. The van der Waals surface area contributed by atoms with Gasteiger partial charge in [-0.1, -0.05) is 49.4 Å². The first-order valence-corrected chi connectivity index (χ1v) is 11.1. The van der Waals surface area contributed by atoms with Crippen LogP contribution in [0.1, 0.15) is 28.8 Å². The van der Waals surface area contributed by atoms with Gasteiger partial charge in [0.1, 0.15) is 10.7 Å². The van der Waals surface area contributed by atoms with E-state index >= 15 is 0 Å². The van der Waals surface area contributed by atoms with Crippen molar-refractivity contribution in [1.82, 2.24) is 19.8 Å². The van der Waals surface area contributed by atoms with Crippen molar-refractivity contribution in [1.29, 1.82) is 0 Å². The van der Waals surface area contributed by atoms with Crippen molar-refractivity contribution in [2.75, 3.05) is 32.7 Å². The predicted octanol–water partition coefficient (Wildman–Crippen LogP) is 3.69. The van der Waals surface area contributed by atoms with E-state index in [1.807, 2.05) is 6.07 Å². The summed E-state index contributed by atoms with van der Waals surface area (Å²) in [7, 11) is 0. The average molecular weight is 409 g/mol. The molecule has 5 nitrogen and oxygen atoms in total. The van der Waals surface area contributed by atoms with Gasteiger partial charge in [-0.3, -0.25) is 14.6 Å². The minimum absolute atomic E-state index is 0.0101. The molecule has 29 heavy (non-hydrogen) atoms. The maximum absolute atomic E-state index is 12.6. The highest BCUT2D eigenvalue weighted by Gasteiger charge is 2.18. The Labute approximate surface area is 175 Å². The number of hydrogen-bond acceptors (Lipinski definition) is 5. The molecule has 3 aromatic rings. The Bertz CT molecular complexity index is 1050. The molecule has 0 saturated carbocycles. The van der Waals surface area contributed by atoms with Crippen LogP contribution < -0.4 is 5.56 Å². The van der Waals surface area contributed by atoms with Crippen LogP contribution in [0.4, 0.5) is 0 Å². The Kier molecular flexibility index (Phi) is 6.23.